The number of thioether (sulfide) groups is 1. The van der Waals surface area contributed by atoms with Crippen LogP contribution >= 0.6 is 23.1 Å². The zero-order chi connectivity index (χ0) is 15.5. The first-order chi connectivity index (χ1) is 10.7. The van der Waals surface area contributed by atoms with Crippen LogP contribution in [0, 0.1) is 0 Å². The topological polar surface area (TPSA) is 85.0 Å². The molecule has 0 saturated heterocycles. The maximum Gasteiger partial charge on any atom is 0.237 e. The summed E-state index contributed by atoms with van der Waals surface area (Å²) in [4.78, 5) is 17.8. The second-order valence-corrected chi connectivity index (χ2v) is 7.29. The van der Waals surface area contributed by atoms with Crippen molar-refractivity contribution in [1.82, 2.24) is 20.3 Å². The van der Waals surface area contributed by atoms with Crippen LogP contribution in [0.3, 0.4) is 0 Å². The summed E-state index contributed by atoms with van der Waals surface area (Å²) in [7, 11) is 0. The van der Waals surface area contributed by atoms with E-state index in [9.17, 15) is 4.79 Å². The number of aromatic nitrogens is 4. The third kappa shape index (κ3) is 3.64. The molecule has 0 aromatic carbocycles. The predicted octanol–water partition coefficient (Wildman–Crippen LogP) is 2.68. The first-order valence-electron chi connectivity index (χ1n) is 7.25. The van der Waals surface area contributed by atoms with Gasteiger partial charge in [-0.3, -0.25) is 9.69 Å². The fraction of sp³-hybridized carbons (Fsp3) is 0.615. The number of hydrogen-bond acceptors (Lipinski definition) is 8. The quantitative estimate of drug-likeness (QED) is 0.566. The highest BCUT2D eigenvalue weighted by molar-refractivity contribution is 8.00. The van der Waals surface area contributed by atoms with Crippen molar-refractivity contribution in [3.05, 3.63) is 11.7 Å². The molecule has 118 valence electrons. The Morgan fingerprint density at radius 2 is 2.27 bits per heavy atom. The highest BCUT2D eigenvalue weighted by atomic mass is 32.2. The van der Waals surface area contributed by atoms with E-state index < -0.39 is 0 Å². The number of anilines is 1. The van der Waals surface area contributed by atoms with Gasteiger partial charge in [-0.15, -0.1) is 10.2 Å². The van der Waals surface area contributed by atoms with Gasteiger partial charge in [0.05, 0.1) is 5.75 Å². The van der Waals surface area contributed by atoms with E-state index in [0.717, 1.165) is 35.8 Å². The maximum atomic E-state index is 11.7. The average molecular weight is 339 g/mol. The van der Waals surface area contributed by atoms with Gasteiger partial charge in [-0.05, 0) is 19.3 Å². The fourth-order valence-corrected chi connectivity index (χ4v) is 3.83. The number of nitrogens with zero attached hydrogens (tertiary/aromatic N) is 5. The Kier molecular flexibility index (Phi) is 4.72. The Morgan fingerprint density at radius 1 is 1.45 bits per heavy atom. The van der Waals surface area contributed by atoms with Gasteiger partial charge in [0, 0.05) is 19.4 Å². The molecule has 7 nitrogen and oxygen atoms in total. The minimum Gasteiger partial charge on any atom is -0.338 e. The molecule has 9 heteroatoms. The van der Waals surface area contributed by atoms with Crippen molar-refractivity contribution >= 4 is 34.1 Å². The molecule has 3 rings (SSSR count). The lowest BCUT2D eigenvalue weighted by molar-refractivity contribution is -0.116. The third-order valence-corrected chi connectivity index (χ3v) is 5.20. The monoisotopic (exact) mass is 339 g/mol. The molecule has 2 heterocycles. The molecule has 0 atom stereocenters. The van der Waals surface area contributed by atoms with Gasteiger partial charge in [0.1, 0.15) is 0 Å². The van der Waals surface area contributed by atoms with E-state index >= 15 is 0 Å². The van der Waals surface area contributed by atoms with Crippen molar-refractivity contribution in [2.24, 2.45) is 0 Å². The van der Waals surface area contributed by atoms with Gasteiger partial charge in [0.2, 0.25) is 16.9 Å². The Bertz CT molecular complexity index is 652. The Hall–Kier alpha value is -1.48. The second kappa shape index (κ2) is 6.74. The zero-order valence-electron chi connectivity index (χ0n) is 12.5. The van der Waals surface area contributed by atoms with Gasteiger partial charge in [-0.1, -0.05) is 35.2 Å². The minimum absolute atomic E-state index is 0.0244. The molecular formula is C13H17N5O2S2. The summed E-state index contributed by atoms with van der Waals surface area (Å²) in [5.74, 6) is 1.93. The summed E-state index contributed by atoms with van der Waals surface area (Å²) in [6.45, 7) is 3.65. The third-order valence-electron chi connectivity index (χ3n) is 3.16. The maximum absolute atomic E-state index is 11.7. The number of carbonyl (C=O) groups excluding carboxylic acids is 1. The van der Waals surface area contributed by atoms with Crippen LogP contribution in [0.5, 0.6) is 0 Å². The van der Waals surface area contributed by atoms with Crippen molar-refractivity contribution in [2.75, 3.05) is 4.90 Å². The van der Waals surface area contributed by atoms with Crippen LogP contribution in [0.1, 0.15) is 44.8 Å². The molecule has 0 radical (unpaired) electrons. The lowest BCUT2D eigenvalue weighted by atomic mass is 10.3. The van der Waals surface area contributed by atoms with Crippen molar-refractivity contribution in [3.8, 4) is 0 Å². The SMILES string of the molecule is CCCc1noc(CSc2nnc(N(C(C)=O)C3CC3)s2)n1. The van der Waals surface area contributed by atoms with Crippen LogP contribution in [0.2, 0.25) is 0 Å². The van der Waals surface area contributed by atoms with E-state index in [-0.39, 0.29) is 5.91 Å². The van der Waals surface area contributed by atoms with Crippen LogP contribution in [-0.2, 0) is 17.0 Å². The second-order valence-electron chi connectivity index (χ2n) is 5.11. The fourth-order valence-electron chi connectivity index (χ4n) is 2.04. The molecule has 1 saturated carbocycles. The van der Waals surface area contributed by atoms with Crippen LogP contribution < -0.4 is 4.90 Å². The molecule has 0 spiro atoms. The van der Waals surface area contributed by atoms with Crippen molar-refractivity contribution in [2.45, 2.75) is 55.7 Å². The molecule has 1 fully saturated rings. The number of rotatable bonds is 7. The highest BCUT2D eigenvalue weighted by Crippen LogP contribution is 2.36. The first kappa shape index (κ1) is 15.4. The normalized spacial score (nSPS) is 14.3. The molecule has 1 amide bonds. The van der Waals surface area contributed by atoms with Gasteiger partial charge in [0.15, 0.2) is 10.2 Å². The Morgan fingerprint density at radius 3 is 2.95 bits per heavy atom. The molecule has 0 aliphatic heterocycles. The van der Waals surface area contributed by atoms with Crippen molar-refractivity contribution < 1.29 is 9.32 Å². The number of aryl methyl sites for hydroxylation is 1. The summed E-state index contributed by atoms with van der Waals surface area (Å²) in [6.07, 6.45) is 3.91. The molecule has 0 unspecified atom stereocenters. The van der Waals surface area contributed by atoms with E-state index in [1.807, 2.05) is 0 Å². The van der Waals surface area contributed by atoms with Gasteiger partial charge in [0.25, 0.3) is 0 Å². The summed E-state index contributed by atoms with van der Waals surface area (Å²) in [5, 5.41) is 12.9. The Balaban J connectivity index is 1.60. The van der Waals surface area contributed by atoms with Gasteiger partial charge in [-0.2, -0.15) is 4.98 Å². The standard InChI is InChI=1S/C13H17N5O2S2/c1-3-4-10-14-11(20-17-10)7-21-13-16-15-12(22-13)18(8(2)19)9-5-6-9/h9H,3-7H2,1-2H3. The lowest BCUT2D eigenvalue weighted by Gasteiger charge is -2.15. The lowest BCUT2D eigenvalue weighted by Crippen LogP contribution is -2.30. The molecule has 0 N–H and O–H groups in total. The number of amides is 1. The smallest absolute Gasteiger partial charge is 0.237 e. The average Bonchev–Trinajstić information content (AvgIpc) is 3.02. The molecule has 1 aliphatic rings. The number of hydrogen-bond donors (Lipinski definition) is 0. The van der Waals surface area contributed by atoms with Crippen LogP contribution in [0.25, 0.3) is 0 Å². The van der Waals surface area contributed by atoms with E-state index in [2.05, 4.69) is 27.3 Å². The molecule has 22 heavy (non-hydrogen) atoms. The van der Waals surface area contributed by atoms with Crippen molar-refractivity contribution in [3.63, 3.8) is 0 Å². The summed E-state index contributed by atoms with van der Waals surface area (Å²) in [5.41, 5.74) is 0. The van der Waals surface area contributed by atoms with Crippen LogP contribution in [-0.4, -0.2) is 32.3 Å². The predicted molar refractivity (Wildman–Crippen MR) is 83.9 cm³/mol. The van der Waals surface area contributed by atoms with E-state index in [0.29, 0.717) is 22.8 Å². The molecule has 2 aromatic heterocycles. The summed E-state index contributed by atoms with van der Waals surface area (Å²) >= 11 is 2.93. The van der Waals surface area contributed by atoms with E-state index in [1.165, 1.54) is 23.1 Å². The largest absolute Gasteiger partial charge is 0.338 e. The summed E-state index contributed by atoms with van der Waals surface area (Å²) < 4.78 is 5.99. The highest BCUT2D eigenvalue weighted by Gasteiger charge is 2.34. The van der Waals surface area contributed by atoms with Crippen LogP contribution in [0.4, 0.5) is 5.13 Å². The van der Waals surface area contributed by atoms with Gasteiger partial charge in [-0.25, -0.2) is 0 Å². The van der Waals surface area contributed by atoms with E-state index in [1.54, 1.807) is 11.8 Å². The van der Waals surface area contributed by atoms with Gasteiger partial charge < -0.3 is 4.52 Å². The zero-order valence-corrected chi connectivity index (χ0v) is 14.1. The molecular weight excluding hydrogens is 322 g/mol. The van der Waals surface area contributed by atoms with Gasteiger partial charge >= 0.3 is 0 Å². The molecule has 1 aliphatic carbocycles. The van der Waals surface area contributed by atoms with E-state index in [4.69, 9.17) is 4.52 Å². The molecule has 2 aromatic rings. The molecule has 0 bridgehead atoms. The Labute approximate surface area is 136 Å². The minimum atomic E-state index is 0.0244. The summed E-state index contributed by atoms with van der Waals surface area (Å²) in [6, 6.07) is 0.302. The first-order valence-corrected chi connectivity index (χ1v) is 9.05. The number of carbonyl (C=O) groups is 1. The van der Waals surface area contributed by atoms with Crippen LogP contribution in [0.15, 0.2) is 8.86 Å². The van der Waals surface area contributed by atoms with Crippen molar-refractivity contribution in [1.29, 1.82) is 0 Å².